The molecular formula is C19H20F2N2O2. The first-order chi connectivity index (χ1) is 12.0. The van der Waals surface area contributed by atoms with Crippen LogP contribution in [0.15, 0.2) is 42.5 Å². The summed E-state index contributed by atoms with van der Waals surface area (Å²) >= 11 is 0. The van der Waals surface area contributed by atoms with Crippen LogP contribution in [0, 0.1) is 11.6 Å². The summed E-state index contributed by atoms with van der Waals surface area (Å²) in [6, 6.07) is 10.0. The molecule has 0 saturated carbocycles. The highest BCUT2D eigenvalue weighted by Gasteiger charge is 2.17. The highest BCUT2D eigenvalue weighted by molar-refractivity contribution is 5.91. The largest absolute Gasteiger partial charge is 0.388 e. The Balaban J connectivity index is 1.61. The van der Waals surface area contributed by atoms with Gasteiger partial charge in [0.1, 0.15) is 11.6 Å². The van der Waals surface area contributed by atoms with Gasteiger partial charge < -0.3 is 15.3 Å². The molecule has 1 heterocycles. The van der Waals surface area contributed by atoms with Crippen LogP contribution in [0.3, 0.4) is 0 Å². The Hall–Kier alpha value is -2.47. The van der Waals surface area contributed by atoms with Crippen LogP contribution in [0.25, 0.3) is 0 Å². The molecule has 25 heavy (non-hydrogen) atoms. The Bertz CT molecular complexity index is 761. The molecule has 1 amide bonds. The third-order valence-electron chi connectivity index (χ3n) is 4.29. The number of benzene rings is 2. The van der Waals surface area contributed by atoms with Crippen LogP contribution in [0.2, 0.25) is 0 Å². The Kier molecular flexibility index (Phi) is 5.28. The number of halogens is 2. The van der Waals surface area contributed by atoms with E-state index in [1.165, 1.54) is 24.3 Å². The summed E-state index contributed by atoms with van der Waals surface area (Å²) in [7, 11) is 0. The van der Waals surface area contributed by atoms with Crippen molar-refractivity contribution in [2.75, 3.05) is 23.3 Å². The smallest absolute Gasteiger partial charge is 0.227 e. The zero-order chi connectivity index (χ0) is 17.8. The third kappa shape index (κ3) is 4.33. The lowest BCUT2D eigenvalue weighted by Gasteiger charge is -2.19. The second kappa shape index (κ2) is 7.61. The van der Waals surface area contributed by atoms with E-state index in [9.17, 15) is 18.7 Å². The SMILES string of the molecule is O=C(CC(O)c1cccc(F)c1)Nc1ccc(N2CCCC2)c(F)c1. The summed E-state index contributed by atoms with van der Waals surface area (Å²) in [5.74, 6) is -1.33. The molecule has 2 aromatic rings. The number of aliphatic hydroxyl groups excluding tert-OH is 1. The summed E-state index contributed by atoms with van der Waals surface area (Å²) in [5.41, 5.74) is 1.19. The van der Waals surface area contributed by atoms with Gasteiger partial charge in [0.05, 0.1) is 18.2 Å². The number of rotatable bonds is 5. The van der Waals surface area contributed by atoms with E-state index in [4.69, 9.17) is 0 Å². The van der Waals surface area contributed by atoms with Crippen molar-refractivity contribution in [3.8, 4) is 0 Å². The predicted molar refractivity (Wildman–Crippen MR) is 92.5 cm³/mol. The van der Waals surface area contributed by atoms with Gasteiger partial charge in [-0.05, 0) is 48.7 Å². The molecule has 0 bridgehead atoms. The Morgan fingerprint density at radius 2 is 1.92 bits per heavy atom. The van der Waals surface area contributed by atoms with Gasteiger partial charge in [0.2, 0.25) is 5.91 Å². The van der Waals surface area contributed by atoms with Crippen LogP contribution in [-0.4, -0.2) is 24.1 Å². The van der Waals surface area contributed by atoms with E-state index in [0.717, 1.165) is 25.9 Å². The zero-order valence-corrected chi connectivity index (χ0v) is 13.7. The number of nitrogens with one attached hydrogen (secondary N) is 1. The minimum absolute atomic E-state index is 0.237. The Labute approximate surface area is 145 Å². The van der Waals surface area contributed by atoms with Crippen molar-refractivity contribution < 1.29 is 18.7 Å². The molecule has 1 atom stereocenters. The van der Waals surface area contributed by atoms with Crippen molar-refractivity contribution in [2.24, 2.45) is 0 Å². The van der Waals surface area contributed by atoms with Gasteiger partial charge in [-0.1, -0.05) is 12.1 Å². The molecule has 4 nitrogen and oxygen atoms in total. The van der Waals surface area contributed by atoms with Crippen LogP contribution in [-0.2, 0) is 4.79 Å². The van der Waals surface area contributed by atoms with Crippen molar-refractivity contribution in [3.05, 3.63) is 59.7 Å². The number of hydrogen-bond acceptors (Lipinski definition) is 3. The quantitative estimate of drug-likeness (QED) is 0.869. The average molecular weight is 346 g/mol. The molecule has 2 N–H and O–H groups in total. The van der Waals surface area contributed by atoms with Crippen LogP contribution >= 0.6 is 0 Å². The van der Waals surface area contributed by atoms with Gasteiger partial charge in [-0.2, -0.15) is 0 Å². The second-order valence-corrected chi connectivity index (χ2v) is 6.18. The summed E-state index contributed by atoms with van der Waals surface area (Å²) < 4.78 is 27.4. The molecule has 3 rings (SSSR count). The maximum Gasteiger partial charge on any atom is 0.227 e. The first kappa shape index (κ1) is 17.4. The minimum Gasteiger partial charge on any atom is -0.388 e. The minimum atomic E-state index is -1.12. The topological polar surface area (TPSA) is 52.6 Å². The number of carbonyl (C=O) groups excluding carboxylic acids is 1. The van der Waals surface area contributed by atoms with E-state index >= 15 is 0 Å². The predicted octanol–water partition coefficient (Wildman–Crippen LogP) is 3.63. The molecule has 132 valence electrons. The second-order valence-electron chi connectivity index (χ2n) is 6.18. The van der Waals surface area contributed by atoms with Crippen molar-refractivity contribution >= 4 is 17.3 Å². The molecule has 1 aliphatic heterocycles. The van der Waals surface area contributed by atoms with Gasteiger partial charge in [0.25, 0.3) is 0 Å². The number of nitrogens with zero attached hydrogens (tertiary/aromatic N) is 1. The number of aliphatic hydroxyl groups is 1. The molecule has 0 aromatic heterocycles. The number of amides is 1. The van der Waals surface area contributed by atoms with Gasteiger partial charge in [-0.15, -0.1) is 0 Å². The summed E-state index contributed by atoms with van der Waals surface area (Å²) in [5, 5.41) is 12.6. The first-order valence-corrected chi connectivity index (χ1v) is 8.31. The normalized spacial score (nSPS) is 15.2. The fourth-order valence-corrected chi connectivity index (χ4v) is 3.02. The van der Waals surface area contributed by atoms with Crippen LogP contribution in [0.1, 0.15) is 30.9 Å². The molecule has 0 radical (unpaired) electrons. The van der Waals surface area contributed by atoms with E-state index in [1.807, 2.05) is 4.90 Å². The lowest BCUT2D eigenvalue weighted by atomic mass is 10.1. The van der Waals surface area contributed by atoms with Gasteiger partial charge in [-0.3, -0.25) is 4.79 Å². The van der Waals surface area contributed by atoms with Gasteiger partial charge >= 0.3 is 0 Å². The fourth-order valence-electron chi connectivity index (χ4n) is 3.02. The maximum absolute atomic E-state index is 14.2. The standard InChI is InChI=1S/C19H20F2N2O2/c20-14-5-3-4-13(10-14)18(24)12-19(25)22-15-6-7-17(16(21)11-15)23-8-1-2-9-23/h3-7,10-11,18,24H,1-2,8-9,12H2,(H,22,25). The molecule has 1 saturated heterocycles. The molecule has 0 spiro atoms. The molecule has 1 fully saturated rings. The molecule has 6 heteroatoms. The van der Waals surface area contributed by atoms with Crippen LogP contribution in [0.4, 0.5) is 20.2 Å². The van der Waals surface area contributed by atoms with E-state index in [-0.39, 0.29) is 12.2 Å². The first-order valence-electron chi connectivity index (χ1n) is 8.31. The molecule has 2 aromatic carbocycles. The number of hydrogen-bond donors (Lipinski definition) is 2. The number of carbonyl (C=O) groups is 1. The van der Waals surface area contributed by atoms with E-state index < -0.39 is 17.8 Å². The monoisotopic (exact) mass is 346 g/mol. The highest BCUT2D eigenvalue weighted by atomic mass is 19.1. The summed E-state index contributed by atoms with van der Waals surface area (Å²) in [4.78, 5) is 14.0. The molecular weight excluding hydrogens is 326 g/mol. The van der Waals surface area contributed by atoms with E-state index in [1.54, 1.807) is 18.2 Å². The van der Waals surface area contributed by atoms with E-state index in [0.29, 0.717) is 16.9 Å². The van der Waals surface area contributed by atoms with Crippen molar-refractivity contribution in [1.29, 1.82) is 0 Å². The van der Waals surface area contributed by atoms with Crippen LogP contribution in [0.5, 0.6) is 0 Å². The number of anilines is 2. The summed E-state index contributed by atoms with van der Waals surface area (Å²) in [6.07, 6.45) is 0.745. The zero-order valence-electron chi connectivity index (χ0n) is 13.7. The lowest BCUT2D eigenvalue weighted by Crippen LogP contribution is -2.19. The summed E-state index contributed by atoms with van der Waals surface area (Å²) in [6.45, 7) is 1.67. The molecule has 1 aliphatic rings. The average Bonchev–Trinajstić information content (AvgIpc) is 3.09. The lowest BCUT2D eigenvalue weighted by molar-refractivity contribution is -0.118. The molecule has 0 aliphatic carbocycles. The van der Waals surface area contributed by atoms with Crippen molar-refractivity contribution in [2.45, 2.75) is 25.4 Å². The molecule has 1 unspecified atom stereocenters. The van der Waals surface area contributed by atoms with Gasteiger partial charge in [0, 0.05) is 18.8 Å². The Morgan fingerprint density at radius 3 is 2.60 bits per heavy atom. The highest BCUT2D eigenvalue weighted by Crippen LogP contribution is 2.26. The van der Waals surface area contributed by atoms with Crippen molar-refractivity contribution in [3.63, 3.8) is 0 Å². The van der Waals surface area contributed by atoms with Crippen molar-refractivity contribution in [1.82, 2.24) is 0 Å². The van der Waals surface area contributed by atoms with E-state index in [2.05, 4.69) is 5.32 Å². The fraction of sp³-hybridized carbons (Fsp3) is 0.316. The van der Waals surface area contributed by atoms with Gasteiger partial charge in [0.15, 0.2) is 0 Å². The van der Waals surface area contributed by atoms with Gasteiger partial charge in [-0.25, -0.2) is 8.78 Å². The maximum atomic E-state index is 14.2. The van der Waals surface area contributed by atoms with Crippen LogP contribution < -0.4 is 10.2 Å². The Morgan fingerprint density at radius 1 is 1.16 bits per heavy atom. The third-order valence-corrected chi connectivity index (χ3v) is 4.29.